The zero-order chi connectivity index (χ0) is 15.1. The van der Waals surface area contributed by atoms with Gasteiger partial charge in [0.05, 0.1) is 6.61 Å². The minimum absolute atomic E-state index is 0.313. The molecule has 0 bridgehead atoms. The summed E-state index contributed by atoms with van der Waals surface area (Å²) in [5.41, 5.74) is 6.60. The Morgan fingerprint density at radius 3 is 2.90 bits per heavy atom. The van der Waals surface area contributed by atoms with Crippen molar-refractivity contribution in [3.63, 3.8) is 0 Å². The van der Waals surface area contributed by atoms with Crippen molar-refractivity contribution in [2.75, 3.05) is 32.8 Å². The number of amides is 2. The molecule has 1 aliphatic heterocycles. The average molecular weight is 291 g/mol. The first-order valence-electron chi connectivity index (χ1n) is 7.67. The number of hydrogen-bond donors (Lipinski definition) is 1. The zero-order valence-corrected chi connectivity index (χ0v) is 12.8. The van der Waals surface area contributed by atoms with E-state index in [4.69, 9.17) is 10.5 Å². The molecule has 0 saturated carbocycles. The second kappa shape index (κ2) is 7.88. The third kappa shape index (κ3) is 4.93. The van der Waals surface area contributed by atoms with Gasteiger partial charge in [0.1, 0.15) is 5.75 Å². The van der Waals surface area contributed by atoms with Crippen LogP contribution < -0.4 is 10.5 Å². The van der Waals surface area contributed by atoms with Gasteiger partial charge in [-0.2, -0.15) is 0 Å². The topological polar surface area (TPSA) is 58.8 Å². The van der Waals surface area contributed by atoms with E-state index in [2.05, 4.69) is 24.0 Å². The summed E-state index contributed by atoms with van der Waals surface area (Å²) in [6.07, 6.45) is 1.98. The molecule has 0 unspecified atom stereocenters. The molecule has 0 atom stereocenters. The fraction of sp³-hybridized carbons (Fsp3) is 0.562. The smallest absolute Gasteiger partial charge is 0.314 e. The molecular weight excluding hydrogens is 266 g/mol. The molecule has 0 spiro atoms. The van der Waals surface area contributed by atoms with Gasteiger partial charge in [-0.3, -0.25) is 4.90 Å². The van der Waals surface area contributed by atoms with Crippen molar-refractivity contribution in [2.24, 2.45) is 5.73 Å². The van der Waals surface area contributed by atoms with Crippen LogP contribution in [0.25, 0.3) is 0 Å². The number of nitrogens with zero attached hydrogens (tertiary/aromatic N) is 2. The number of nitrogens with two attached hydrogens (primary N) is 1. The largest absolute Gasteiger partial charge is 0.494 e. The van der Waals surface area contributed by atoms with E-state index in [1.54, 1.807) is 4.90 Å². The molecule has 5 heteroatoms. The lowest BCUT2D eigenvalue weighted by Gasteiger charge is -2.21. The Morgan fingerprint density at radius 2 is 2.14 bits per heavy atom. The van der Waals surface area contributed by atoms with Crippen LogP contribution in [0.4, 0.5) is 4.79 Å². The number of urea groups is 1. The van der Waals surface area contributed by atoms with Crippen molar-refractivity contribution in [1.29, 1.82) is 0 Å². The van der Waals surface area contributed by atoms with Crippen LogP contribution in [0.15, 0.2) is 24.3 Å². The van der Waals surface area contributed by atoms with Gasteiger partial charge in [0, 0.05) is 32.7 Å². The van der Waals surface area contributed by atoms with Gasteiger partial charge in [-0.05, 0) is 30.5 Å². The number of benzene rings is 1. The van der Waals surface area contributed by atoms with Crippen molar-refractivity contribution in [3.8, 4) is 5.75 Å². The van der Waals surface area contributed by atoms with Gasteiger partial charge in [0.15, 0.2) is 0 Å². The molecule has 21 heavy (non-hydrogen) atoms. The van der Waals surface area contributed by atoms with Crippen LogP contribution in [-0.2, 0) is 6.54 Å². The van der Waals surface area contributed by atoms with Crippen molar-refractivity contribution >= 4 is 6.03 Å². The molecular formula is C16H25N3O2. The van der Waals surface area contributed by atoms with Crippen molar-refractivity contribution in [3.05, 3.63) is 29.8 Å². The van der Waals surface area contributed by atoms with Crippen LogP contribution in [0.3, 0.4) is 0 Å². The summed E-state index contributed by atoms with van der Waals surface area (Å²) in [6, 6.07) is 7.94. The first-order valence-corrected chi connectivity index (χ1v) is 7.67. The van der Waals surface area contributed by atoms with Crippen LogP contribution >= 0.6 is 0 Å². The third-order valence-electron chi connectivity index (χ3n) is 3.68. The van der Waals surface area contributed by atoms with Crippen LogP contribution in [0.2, 0.25) is 0 Å². The van der Waals surface area contributed by atoms with E-state index in [0.29, 0.717) is 6.54 Å². The Bertz CT molecular complexity index is 465. The molecule has 116 valence electrons. The molecule has 2 amide bonds. The number of rotatable bonds is 5. The molecule has 0 aliphatic carbocycles. The minimum atomic E-state index is -0.313. The van der Waals surface area contributed by atoms with E-state index in [-0.39, 0.29) is 6.03 Å². The number of primary amides is 1. The average Bonchev–Trinajstić information content (AvgIpc) is 2.71. The van der Waals surface area contributed by atoms with E-state index in [9.17, 15) is 4.79 Å². The molecule has 5 nitrogen and oxygen atoms in total. The quantitative estimate of drug-likeness (QED) is 0.903. The second-order valence-corrected chi connectivity index (χ2v) is 5.45. The lowest BCUT2D eigenvalue weighted by Crippen LogP contribution is -2.38. The van der Waals surface area contributed by atoms with Crippen LogP contribution in [0, 0.1) is 0 Å². The maximum Gasteiger partial charge on any atom is 0.314 e. The first-order chi connectivity index (χ1) is 10.2. The number of hydrogen-bond acceptors (Lipinski definition) is 3. The van der Waals surface area contributed by atoms with E-state index >= 15 is 0 Å². The fourth-order valence-corrected chi connectivity index (χ4v) is 2.56. The Balaban J connectivity index is 1.90. The standard InChI is InChI=1S/C16H25N3O2/c1-2-11-21-15-6-3-5-14(12-15)13-18-7-4-8-19(10-9-18)16(17)20/h3,5-6,12H,2,4,7-11,13H2,1H3,(H2,17,20). The summed E-state index contributed by atoms with van der Waals surface area (Å²) in [6.45, 7) is 7.06. The molecule has 1 aliphatic rings. The Labute approximate surface area is 126 Å². The van der Waals surface area contributed by atoms with Crippen LogP contribution in [0.5, 0.6) is 5.75 Å². The normalized spacial score (nSPS) is 16.5. The lowest BCUT2D eigenvalue weighted by atomic mass is 10.2. The summed E-state index contributed by atoms with van der Waals surface area (Å²) in [5.74, 6) is 0.933. The molecule has 1 aromatic carbocycles. The van der Waals surface area contributed by atoms with Gasteiger partial charge in [-0.1, -0.05) is 19.1 Å². The SMILES string of the molecule is CCCOc1cccc(CN2CCCN(C(N)=O)CC2)c1. The summed E-state index contributed by atoms with van der Waals surface area (Å²) >= 11 is 0. The van der Waals surface area contributed by atoms with Gasteiger partial charge in [-0.15, -0.1) is 0 Å². The molecule has 1 fully saturated rings. The predicted molar refractivity (Wildman–Crippen MR) is 83.3 cm³/mol. The number of ether oxygens (including phenoxy) is 1. The molecule has 1 aromatic rings. The lowest BCUT2D eigenvalue weighted by molar-refractivity contribution is 0.207. The summed E-state index contributed by atoms with van der Waals surface area (Å²) in [5, 5.41) is 0. The summed E-state index contributed by atoms with van der Waals surface area (Å²) in [7, 11) is 0. The van der Waals surface area contributed by atoms with Gasteiger partial charge < -0.3 is 15.4 Å². The third-order valence-corrected chi connectivity index (χ3v) is 3.68. The molecule has 2 N–H and O–H groups in total. The molecule has 2 rings (SSSR count). The van der Waals surface area contributed by atoms with Gasteiger partial charge in [-0.25, -0.2) is 4.79 Å². The van der Waals surface area contributed by atoms with Gasteiger partial charge in [0.2, 0.25) is 0 Å². The first kappa shape index (κ1) is 15.6. The monoisotopic (exact) mass is 291 g/mol. The number of carbonyl (C=O) groups excluding carboxylic acids is 1. The zero-order valence-electron chi connectivity index (χ0n) is 12.8. The van der Waals surface area contributed by atoms with E-state index in [1.807, 2.05) is 12.1 Å². The molecule has 1 heterocycles. The minimum Gasteiger partial charge on any atom is -0.494 e. The molecule has 0 aromatic heterocycles. The highest BCUT2D eigenvalue weighted by atomic mass is 16.5. The van der Waals surface area contributed by atoms with E-state index in [0.717, 1.165) is 51.4 Å². The number of carbonyl (C=O) groups is 1. The Morgan fingerprint density at radius 1 is 1.29 bits per heavy atom. The molecule has 0 radical (unpaired) electrons. The maximum atomic E-state index is 11.2. The van der Waals surface area contributed by atoms with Crippen LogP contribution in [0.1, 0.15) is 25.3 Å². The van der Waals surface area contributed by atoms with Crippen molar-refractivity contribution in [2.45, 2.75) is 26.3 Å². The Kier molecular flexibility index (Phi) is 5.87. The highest BCUT2D eigenvalue weighted by Crippen LogP contribution is 2.16. The summed E-state index contributed by atoms with van der Waals surface area (Å²) in [4.78, 5) is 15.3. The maximum absolute atomic E-state index is 11.2. The predicted octanol–water partition coefficient (Wildman–Crippen LogP) is 2.06. The Hall–Kier alpha value is -1.75. The van der Waals surface area contributed by atoms with Gasteiger partial charge >= 0.3 is 6.03 Å². The van der Waals surface area contributed by atoms with Crippen molar-refractivity contribution in [1.82, 2.24) is 9.80 Å². The second-order valence-electron chi connectivity index (χ2n) is 5.45. The highest BCUT2D eigenvalue weighted by Gasteiger charge is 2.17. The summed E-state index contributed by atoms with van der Waals surface area (Å²) < 4.78 is 5.67. The van der Waals surface area contributed by atoms with Crippen LogP contribution in [-0.4, -0.2) is 48.6 Å². The van der Waals surface area contributed by atoms with Gasteiger partial charge in [0.25, 0.3) is 0 Å². The van der Waals surface area contributed by atoms with E-state index < -0.39 is 0 Å². The molecule has 1 saturated heterocycles. The highest BCUT2D eigenvalue weighted by molar-refractivity contribution is 5.71. The van der Waals surface area contributed by atoms with Crippen molar-refractivity contribution < 1.29 is 9.53 Å². The van der Waals surface area contributed by atoms with E-state index in [1.165, 1.54) is 5.56 Å². The fourth-order valence-electron chi connectivity index (χ4n) is 2.56.